The van der Waals surface area contributed by atoms with Crippen molar-refractivity contribution in [3.05, 3.63) is 35.6 Å². The van der Waals surface area contributed by atoms with Crippen LogP contribution in [0.3, 0.4) is 0 Å². The lowest BCUT2D eigenvalue weighted by Gasteiger charge is -2.25. The third-order valence-electron chi connectivity index (χ3n) is 2.71. The summed E-state index contributed by atoms with van der Waals surface area (Å²) in [5, 5.41) is 2.14. The number of carbonyl (C=O) groups excluding carboxylic acids is 3. The van der Waals surface area contributed by atoms with Gasteiger partial charge in [-0.1, -0.05) is 12.1 Å². The molecule has 1 aliphatic rings. The first-order valence-electron chi connectivity index (χ1n) is 5.97. The topological polar surface area (TPSA) is 66.5 Å². The summed E-state index contributed by atoms with van der Waals surface area (Å²) >= 11 is 1.36. The van der Waals surface area contributed by atoms with E-state index < -0.39 is 11.8 Å². The lowest BCUT2D eigenvalue weighted by molar-refractivity contribution is -0.144. The lowest BCUT2D eigenvalue weighted by atomic mass is 10.2. The molecule has 106 valence electrons. The summed E-state index contributed by atoms with van der Waals surface area (Å²) in [5.41, 5.74) is 0.914. The van der Waals surface area contributed by atoms with Gasteiger partial charge in [0.1, 0.15) is 18.9 Å². The first-order chi connectivity index (χ1) is 9.54. The first kappa shape index (κ1) is 14.5. The van der Waals surface area contributed by atoms with Gasteiger partial charge < -0.3 is 4.90 Å². The largest absolute Gasteiger partial charge is 0.323 e. The van der Waals surface area contributed by atoms with E-state index in [1.165, 1.54) is 28.8 Å². The van der Waals surface area contributed by atoms with Crippen molar-refractivity contribution in [2.45, 2.75) is 5.75 Å². The zero-order valence-electron chi connectivity index (χ0n) is 10.6. The minimum absolute atomic E-state index is 0.0817. The Balaban J connectivity index is 1.78. The Morgan fingerprint density at radius 3 is 2.40 bits per heavy atom. The summed E-state index contributed by atoms with van der Waals surface area (Å²) in [6.07, 6.45) is 0. The average molecular weight is 296 g/mol. The summed E-state index contributed by atoms with van der Waals surface area (Å²) in [6, 6.07) is 6.05. The Morgan fingerprint density at radius 2 is 1.80 bits per heavy atom. The van der Waals surface area contributed by atoms with E-state index in [4.69, 9.17) is 0 Å². The maximum absolute atomic E-state index is 12.7. The summed E-state index contributed by atoms with van der Waals surface area (Å²) in [7, 11) is 0. The van der Waals surface area contributed by atoms with E-state index in [9.17, 15) is 18.8 Å². The van der Waals surface area contributed by atoms with Gasteiger partial charge in [-0.25, -0.2) is 4.39 Å². The molecule has 0 unspecified atom stereocenters. The molecule has 20 heavy (non-hydrogen) atoms. The summed E-state index contributed by atoms with van der Waals surface area (Å²) in [4.78, 5) is 35.4. The van der Waals surface area contributed by atoms with Crippen LogP contribution in [0.1, 0.15) is 5.56 Å². The molecule has 0 bridgehead atoms. The second kappa shape index (κ2) is 6.51. The molecule has 0 atom stereocenters. The fraction of sp³-hybridized carbons (Fsp3) is 0.308. The summed E-state index contributed by atoms with van der Waals surface area (Å²) in [5.74, 6) is -0.720. The Kier molecular flexibility index (Phi) is 4.73. The number of carbonyl (C=O) groups is 3. The lowest BCUT2D eigenvalue weighted by Crippen LogP contribution is -2.53. The van der Waals surface area contributed by atoms with E-state index >= 15 is 0 Å². The number of piperazine rings is 1. The minimum Gasteiger partial charge on any atom is -0.323 e. The third kappa shape index (κ3) is 4.06. The van der Waals surface area contributed by atoms with Crippen LogP contribution in [-0.2, 0) is 20.1 Å². The smallest absolute Gasteiger partial charge is 0.246 e. The molecular formula is C13H13FN2O3S. The van der Waals surface area contributed by atoms with Gasteiger partial charge in [0.25, 0.3) is 0 Å². The molecular weight excluding hydrogens is 283 g/mol. The number of imide groups is 1. The zero-order chi connectivity index (χ0) is 14.5. The van der Waals surface area contributed by atoms with Crippen LogP contribution in [0, 0.1) is 5.82 Å². The number of rotatable bonds is 4. The van der Waals surface area contributed by atoms with E-state index in [2.05, 4.69) is 5.32 Å². The second-order valence-corrected chi connectivity index (χ2v) is 5.33. The van der Waals surface area contributed by atoms with Crippen molar-refractivity contribution in [3.63, 3.8) is 0 Å². The van der Waals surface area contributed by atoms with Crippen molar-refractivity contribution in [3.8, 4) is 0 Å². The Bertz CT molecular complexity index is 517. The number of amides is 3. The van der Waals surface area contributed by atoms with Crippen molar-refractivity contribution >= 4 is 29.5 Å². The zero-order valence-corrected chi connectivity index (χ0v) is 11.4. The van der Waals surface area contributed by atoms with Gasteiger partial charge in [-0.15, -0.1) is 11.8 Å². The number of nitrogens with zero attached hydrogens (tertiary/aromatic N) is 1. The van der Waals surface area contributed by atoms with E-state index in [1.807, 2.05) is 0 Å². The molecule has 0 radical (unpaired) electrons. The molecule has 3 amide bonds. The van der Waals surface area contributed by atoms with E-state index in [-0.39, 0.29) is 30.6 Å². The molecule has 2 rings (SSSR count). The van der Waals surface area contributed by atoms with E-state index in [1.54, 1.807) is 12.1 Å². The van der Waals surface area contributed by atoms with Crippen LogP contribution in [0.4, 0.5) is 4.39 Å². The average Bonchev–Trinajstić information content (AvgIpc) is 2.40. The van der Waals surface area contributed by atoms with Crippen molar-refractivity contribution in [2.24, 2.45) is 0 Å². The predicted octanol–water partition coefficient (Wildman–Crippen LogP) is 0.544. The monoisotopic (exact) mass is 296 g/mol. The molecule has 1 aromatic carbocycles. The number of halogens is 1. The van der Waals surface area contributed by atoms with Crippen LogP contribution in [0.25, 0.3) is 0 Å². The molecule has 1 N–H and O–H groups in total. The van der Waals surface area contributed by atoms with Crippen molar-refractivity contribution in [2.75, 3.05) is 18.8 Å². The van der Waals surface area contributed by atoms with E-state index in [0.717, 1.165) is 5.56 Å². The summed E-state index contributed by atoms with van der Waals surface area (Å²) < 4.78 is 12.7. The molecule has 1 saturated heterocycles. The fourth-order valence-electron chi connectivity index (χ4n) is 1.74. The molecule has 1 aromatic rings. The standard InChI is InChI=1S/C13H13FN2O3S/c14-10-3-1-9(2-4-10)7-20-8-13(19)16-5-11(17)15-12(18)6-16/h1-4H,5-8H2,(H,15,17,18). The number of hydrogen-bond donors (Lipinski definition) is 1. The molecule has 1 fully saturated rings. The number of thioether (sulfide) groups is 1. The highest BCUT2D eigenvalue weighted by Crippen LogP contribution is 2.13. The van der Waals surface area contributed by atoms with Crippen molar-refractivity contribution < 1.29 is 18.8 Å². The van der Waals surface area contributed by atoms with Crippen LogP contribution in [0.5, 0.6) is 0 Å². The molecule has 5 nitrogen and oxygen atoms in total. The molecule has 0 aliphatic carbocycles. The molecule has 0 saturated carbocycles. The second-order valence-electron chi connectivity index (χ2n) is 4.34. The number of nitrogens with one attached hydrogen (secondary N) is 1. The third-order valence-corrected chi connectivity index (χ3v) is 3.70. The Labute approximate surface area is 119 Å². The van der Waals surface area contributed by atoms with Gasteiger partial charge in [0.05, 0.1) is 5.75 Å². The van der Waals surface area contributed by atoms with Crippen LogP contribution < -0.4 is 5.32 Å². The molecule has 1 heterocycles. The van der Waals surface area contributed by atoms with Crippen LogP contribution >= 0.6 is 11.8 Å². The Hall–Kier alpha value is -1.89. The van der Waals surface area contributed by atoms with Crippen LogP contribution in [-0.4, -0.2) is 41.5 Å². The van der Waals surface area contributed by atoms with Gasteiger partial charge in [-0.2, -0.15) is 0 Å². The first-order valence-corrected chi connectivity index (χ1v) is 7.13. The van der Waals surface area contributed by atoms with Crippen LogP contribution in [0.15, 0.2) is 24.3 Å². The van der Waals surface area contributed by atoms with Crippen molar-refractivity contribution in [1.82, 2.24) is 10.2 Å². The van der Waals surface area contributed by atoms with E-state index in [0.29, 0.717) is 5.75 Å². The van der Waals surface area contributed by atoms with Gasteiger partial charge in [0.15, 0.2) is 0 Å². The highest BCUT2D eigenvalue weighted by Gasteiger charge is 2.25. The molecule has 0 spiro atoms. The number of hydrogen-bond acceptors (Lipinski definition) is 4. The Morgan fingerprint density at radius 1 is 1.20 bits per heavy atom. The quantitative estimate of drug-likeness (QED) is 0.824. The predicted molar refractivity (Wildman–Crippen MR) is 72.3 cm³/mol. The van der Waals surface area contributed by atoms with Gasteiger partial charge in [-0.05, 0) is 17.7 Å². The molecule has 0 aromatic heterocycles. The van der Waals surface area contributed by atoms with Crippen LogP contribution in [0.2, 0.25) is 0 Å². The number of benzene rings is 1. The summed E-state index contributed by atoms with van der Waals surface area (Å²) in [6.45, 7) is -0.163. The van der Waals surface area contributed by atoms with Gasteiger partial charge in [0, 0.05) is 5.75 Å². The fourth-order valence-corrected chi connectivity index (χ4v) is 2.63. The minimum atomic E-state index is -0.460. The van der Waals surface area contributed by atoms with Gasteiger partial charge in [-0.3, -0.25) is 19.7 Å². The van der Waals surface area contributed by atoms with Gasteiger partial charge >= 0.3 is 0 Å². The van der Waals surface area contributed by atoms with Crippen molar-refractivity contribution in [1.29, 1.82) is 0 Å². The maximum Gasteiger partial charge on any atom is 0.246 e. The molecule has 1 aliphatic heterocycles. The SMILES string of the molecule is O=C1CN(C(=O)CSCc2ccc(F)cc2)CC(=O)N1. The normalized spacial score (nSPS) is 15.2. The highest BCUT2D eigenvalue weighted by molar-refractivity contribution is 7.99. The maximum atomic E-state index is 12.7. The molecule has 7 heteroatoms. The van der Waals surface area contributed by atoms with Gasteiger partial charge in [0.2, 0.25) is 17.7 Å². The highest BCUT2D eigenvalue weighted by atomic mass is 32.2.